The standard InChI is InChI=1S/C14H11FN4O2/c1-21-13-7-5-11(6-8-13)18-14(20)19(17-16-18)12-4-2-3-10(15)9-12/h2-9H,1H3. The molecule has 0 bridgehead atoms. The summed E-state index contributed by atoms with van der Waals surface area (Å²) in [4.78, 5) is 12.3. The summed E-state index contributed by atoms with van der Waals surface area (Å²) in [5.74, 6) is 0.225. The molecule has 3 aromatic rings. The smallest absolute Gasteiger partial charge is 0.373 e. The normalized spacial score (nSPS) is 10.6. The van der Waals surface area contributed by atoms with Gasteiger partial charge >= 0.3 is 5.69 Å². The molecule has 0 aliphatic heterocycles. The largest absolute Gasteiger partial charge is 0.497 e. The van der Waals surface area contributed by atoms with Crippen LogP contribution in [0.5, 0.6) is 5.75 Å². The van der Waals surface area contributed by atoms with Crippen LogP contribution in [0, 0.1) is 5.82 Å². The van der Waals surface area contributed by atoms with Gasteiger partial charge in [-0.05, 0) is 52.9 Å². The number of aromatic nitrogens is 4. The Bertz CT molecular complexity index is 823. The van der Waals surface area contributed by atoms with Crippen LogP contribution in [0.2, 0.25) is 0 Å². The third-order valence-corrected chi connectivity index (χ3v) is 2.95. The molecule has 0 aliphatic rings. The summed E-state index contributed by atoms with van der Waals surface area (Å²) in [6.45, 7) is 0. The minimum absolute atomic E-state index is 0.319. The number of nitrogens with zero attached hydrogens (tertiary/aromatic N) is 4. The van der Waals surface area contributed by atoms with E-state index in [4.69, 9.17) is 4.74 Å². The van der Waals surface area contributed by atoms with E-state index in [1.54, 1.807) is 37.4 Å². The fourth-order valence-electron chi connectivity index (χ4n) is 1.90. The van der Waals surface area contributed by atoms with Crippen LogP contribution in [0.25, 0.3) is 11.4 Å². The SMILES string of the molecule is COc1ccc(-n2nnn(-c3cccc(F)c3)c2=O)cc1. The Morgan fingerprint density at radius 2 is 1.67 bits per heavy atom. The van der Waals surface area contributed by atoms with Gasteiger partial charge in [0.15, 0.2) is 0 Å². The van der Waals surface area contributed by atoms with E-state index in [1.165, 1.54) is 18.2 Å². The summed E-state index contributed by atoms with van der Waals surface area (Å²) < 4.78 is 20.4. The third-order valence-electron chi connectivity index (χ3n) is 2.95. The molecule has 0 radical (unpaired) electrons. The fraction of sp³-hybridized carbons (Fsp3) is 0.0714. The molecule has 2 aromatic carbocycles. The monoisotopic (exact) mass is 286 g/mol. The number of ether oxygens (including phenoxy) is 1. The van der Waals surface area contributed by atoms with Crippen LogP contribution < -0.4 is 10.4 Å². The molecule has 0 atom stereocenters. The molecular formula is C14H11FN4O2. The quantitative estimate of drug-likeness (QED) is 0.733. The highest BCUT2D eigenvalue weighted by Gasteiger charge is 2.11. The Hall–Kier alpha value is -2.96. The molecule has 0 unspecified atom stereocenters. The molecule has 1 aromatic heterocycles. The van der Waals surface area contributed by atoms with Gasteiger partial charge in [-0.1, -0.05) is 6.07 Å². The molecule has 6 nitrogen and oxygen atoms in total. The van der Waals surface area contributed by atoms with Crippen LogP contribution in [0.15, 0.2) is 53.3 Å². The zero-order chi connectivity index (χ0) is 14.8. The molecular weight excluding hydrogens is 275 g/mol. The number of halogens is 1. The Balaban J connectivity index is 2.04. The first-order valence-electron chi connectivity index (χ1n) is 6.14. The maximum absolute atomic E-state index is 13.2. The molecule has 0 fully saturated rings. The van der Waals surface area contributed by atoms with Crippen LogP contribution in [-0.2, 0) is 0 Å². The Morgan fingerprint density at radius 3 is 2.29 bits per heavy atom. The topological polar surface area (TPSA) is 61.9 Å². The number of methoxy groups -OCH3 is 1. The molecule has 0 amide bonds. The van der Waals surface area contributed by atoms with Gasteiger partial charge in [0.25, 0.3) is 0 Å². The first-order valence-corrected chi connectivity index (χ1v) is 6.14. The second-order valence-corrected chi connectivity index (χ2v) is 4.26. The minimum atomic E-state index is -0.481. The van der Waals surface area contributed by atoms with Gasteiger partial charge in [-0.2, -0.15) is 9.36 Å². The lowest BCUT2D eigenvalue weighted by Gasteiger charge is -2.01. The van der Waals surface area contributed by atoms with Crippen molar-refractivity contribution >= 4 is 0 Å². The molecule has 0 saturated carbocycles. The first kappa shape index (κ1) is 13.0. The second kappa shape index (κ2) is 5.20. The predicted octanol–water partition coefficient (Wildman–Crippen LogP) is 1.57. The lowest BCUT2D eigenvalue weighted by molar-refractivity contribution is 0.414. The summed E-state index contributed by atoms with van der Waals surface area (Å²) in [7, 11) is 1.56. The van der Waals surface area contributed by atoms with Crippen molar-refractivity contribution in [2.45, 2.75) is 0 Å². The van der Waals surface area contributed by atoms with Crippen LogP contribution in [-0.4, -0.2) is 26.9 Å². The van der Waals surface area contributed by atoms with Crippen molar-refractivity contribution in [1.29, 1.82) is 0 Å². The van der Waals surface area contributed by atoms with Gasteiger partial charge in [-0.15, -0.1) is 0 Å². The highest BCUT2D eigenvalue weighted by atomic mass is 19.1. The predicted molar refractivity (Wildman–Crippen MR) is 73.5 cm³/mol. The van der Waals surface area contributed by atoms with Crippen molar-refractivity contribution in [2.75, 3.05) is 7.11 Å². The van der Waals surface area contributed by atoms with Crippen molar-refractivity contribution in [1.82, 2.24) is 19.8 Å². The fourth-order valence-corrected chi connectivity index (χ4v) is 1.90. The highest BCUT2D eigenvalue weighted by molar-refractivity contribution is 5.37. The van der Waals surface area contributed by atoms with E-state index in [0.29, 0.717) is 17.1 Å². The maximum atomic E-state index is 13.2. The van der Waals surface area contributed by atoms with Gasteiger partial charge in [-0.25, -0.2) is 9.18 Å². The highest BCUT2D eigenvalue weighted by Crippen LogP contribution is 2.13. The van der Waals surface area contributed by atoms with Crippen LogP contribution in [0.1, 0.15) is 0 Å². The van der Waals surface area contributed by atoms with Crippen molar-refractivity contribution in [3.8, 4) is 17.1 Å². The molecule has 1 heterocycles. The number of benzene rings is 2. The molecule has 0 N–H and O–H groups in total. The van der Waals surface area contributed by atoms with E-state index < -0.39 is 11.5 Å². The zero-order valence-corrected chi connectivity index (χ0v) is 11.1. The molecule has 0 spiro atoms. The van der Waals surface area contributed by atoms with Gasteiger partial charge in [0.05, 0.1) is 18.5 Å². The maximum Gasteiger partial charge on any atom is 0.373 e. The second-order valence-electron chi connectivity index (χ2n) is 4.26. The molecule has 21 heavy (non-hydrogen) atoms. The molecule has 0 aliphatic carbocycles. The van der Waals surface area contributed by atoms with Crippen LogP contribution in [0.3, 0.4) is 0 Å². The van der Waals surface area contributed by atoms with Gasteiger partial charge in [0.2, 0.25) is 0 Å². The third kappa shape index (κ3) is 2.40. The van der Waals surface area contributed by atoms with Gasteiger partial charge in [0, 0.05) is 0 Å². The summed E-state index contributed by atoms with van der Waals surface area (Å²) in [6.07, 6.45) is 0. The minimum Gasteiger partial charge on any atom is -0.497 e. The van der Waals surface area contributed by atoms with E-state index in [-0.39, 0.29) is 0 Å². The summed E-state index contributed by atoms with van der Waals surface area (Å²) in [5.41, 5.74) is 0.383. The van der Waals surface area contributed by atoms with Crippen molar-refractivity contribution in [3.63, 3.8) is 0 Å². The van der Waals surface area contributed by atoms with Crippen molar-refractivity contribution in [3.05, 3.63) is 64.8 Å². The lowest BCUT2D eigenvalue weighted by Crippen LogP contribution is -2.23. The van der Waals surface area contributed by atoms with E-state index in [2.05, 4.69) is 10.4 Å². The number of rotatable bonds is 3. The summed E-state index contributed by atoms with van der Waals surface area (Å²) >= 11 is 0. The van der Waals surface area contributed by atoms with E-state index in [1.807, 2.05) is 0 Å². The van der Waals surface area contributed by atoms with Crippen LogP contribution in [0.4, 0.5) is 4.39 Å². The Kier molecular flexibility index (Phi) is 3.23. The summed E-state index contributed by atoms with van der Waals surface area (Å²) in [6, 6.07) is 12.4. The average Bonchev–Trinajstić information content (AvgIpc) is 2.89. The first-order chi connectivity index (χ1) is 10.2. The Morgan fingerprint density at radius 1 is 1.00 bits per heavy atom. The van der Waals surface area contributed by atoms with Gasteiger partial charge in [-0.3, -0.25) is 0 Å². The number of hydrogen-bond acceptors (Lipinski definition) is 4. The molecule has 7 heteroatoms. The lowest BCUT2D eigenvalue weighted by atomic mass is 10.3. The van der Waals surface area contributed by atoms with Crippen LogP contribution >= 0.6 is 0 Å². The molecule has 0 saturated heterocycles. The Labute approximate surface area is 119 Å². The van der Waals surface area contributed by atoms with Gasteiger partial charge < -0.3 is 4.74 Å². The molecule has 106 valence electrons. The average molecular weight is 286 g/mol. The number of hydrogen-bond donors (Lipinski definition) is 0. The molecule has 3 rings (SSSR count). The summed E-state index contributed by atoms with van der Waals surface area (Å²) in [5, 5.41) is 7.57. The van der Waals surface area contributed by atoms with E-state index in [9.17, 15) is 9.18 Å². The van der Waals surface area contributed by atoms with Crippen molar-refractivity contribution < 1.29 is 9.13 Å². The van der Waals surface area contributed by atoms with Gasteiger partial charge in [0.1, 0.15) is 11.6 Å². The van der Waals surface area contributed by atoms with E-state index >= 15 is 0 Å². The number of tetrazole rings is 1. The zero-order valence-electron chi connectivity index (χ0n) is 11.1. The van der Waals surface area contributed by atoms with Crippen molar-refractivity contribution in [2.24, 2.45) is 0 Å². The van der Waals surface area contributed by atoms with E-state index in [0.717, 1.165) is 9.36 Å².